The van der Waals surface area contributed by atoms with Gasteiger partial charge in [-0.05, 0) is 44.2 Å². The zero-order chi connectivity index (χ0) is 23.8. The highest BCUT2D eigenvalue weighted by Gasteiger charge is 2.32. The first-order chi connectivity index (χ1) is 15.7. The number of alkyl halides is 4. The molecule has 10 heteroatoms. The monoisotopic (exact) mass is 460 g/mol. The number of hydrogen-bond acceptors (Lipinski definition) is 5. The Morgan fingerprint density at radius 3 is 2.52 bits per heavy atom. The van der Waals surface area contributed by atoms with Crippen molar-refractivity contribution in [3.63, 3.8) is 0 Å². The summed E-state index contributed by atoms with van der Waals surface area (Å²) >= 11 is 0. The molecule has 0 spiro atoms. The molecule has 1 aliphatic rings. The van der Waals surface area contributed by atoms with E-state index in [1.165, 1.54) is 12.1 Å². The van der Waals surface area contributed by atoms with Crippen LogP contribution in [0.5, 0.6) is 5.75 Å². The highest BCUT2D eigenvalue weighted by Crippen LogP contribution is 2.35. The van der Waals surface area contributed by atoms with Gasteiger partial charge in [-0.3, -0.25) is 4.98 Å². The molecule has 0 saturated heterocycles. The first kappa shape index (κ1) is 22.7. The summed E-state index contributed by atoms with van der Waals surface area (Å²) in [4.78, 5) is 9.18. The molecule has 1 unspecified atom stereocenters. The van der Waals surface area contributed by atoms with Crippen LogP contribution in [0.4, 0.5) is 17.6 Å². The number of rotatable bonds is 4. The molecule has 3 aromatic rings. The number of fused-ring (bicyclic) bond motifs is 1. The highest BCUT2D eigenvalue weighted by molar-refractivity contribution is 5.70. The molecule has 33 heavy (non-hydrogen) atoms. The Morgan fingerprint density at radius 2 is 1.88 bits per heavy atom. The van der Waals surface area contributed by atoms with Crippen LogP contribution in [-0.4, -0.2) is 40.3 Å². The van der Waals surface area contributed by atoms with Gasteiger partial charge in [0, 0.05) is 34.6 Å². The Kier molecular flexibility index (Phi) is 6.08. The van der Waals surface area contributed by atoms with Crippen LogP contribution in [0.1, 0.15) is 22.6 Å². The van der Waals surface area contributed by atoms with Gasteiger partial charge in [0.2, 0.25) is 0 Å². The number of nitriles is 1. The van der Waals surface area contributed by atoms with E-state index in [9.17, 15) is 22.8 Å². The van der Waals surface area contributed by atoms with Crippen LogP contribution in [0.2, 0.25) is 0 Å². The van der Waals surface area contributed by atoms with E-state index in [0.29, 0.717) is 30.1 Å². The number of aromatic nitrogens is 3. The molecule has 1 aromatic carbocycles. The third-order valence-electron chi connectivity index (χ3n) is 5.26. The number of halogens is 4. The molecule has 2 aromatic heterocycles. The fourth-order valence-electron chi connectivity index (χ4n) is 4.00. The van der Waals surface area contributed by atoms with Gasteiger partial charge in [-0.1, -0.05) is 0 Å². The van der Waals surface area contributed by atoms with Crippen molar-refractivity contribution < 1.29 is 27.0 Å². The summed E-state index contributed by atoms with van der Waals surface area (Å²) in [7, 11) is 0. The number of benzene rings is 1. The Bertz CT molecular complexity index is 1210. The molecule has 0 amide bonds. The lowest BCUT2D eigenvalue weighted by molar-refractivity contribution is -0.274. The van der Waals surface area contributed by atoms with Gasteiger partial charge in [-0.15, -0.1) is 13.2 Å². The molecule has 0 fully saturated rings. The van der Waals surface area contributed by atoms with E-state index >= 15 is 0 Å². The molecule has 172 valence electrons. The average Bonchev–Trinajstić information content (AvgIpc) is 2.95. The summed E-state index contributed by atoms with van der Waals surface area (Å²) < 4.78 is 63.0. The molecule has 0 aliphatic carbocycles. The second-order valence-electron chi connectivity index (χ2n) is 7.75. The summed E-state index contributed by atoms with van der Waals surface area (Å²) in [5, 5.41) is 9.39. The lowest BCUT2D eigenvalue weighted by Crippen LogP contribution is -2.21. The van der Waals surface area contributed by atoms with Crippen LogP contribution in [-0.2, 0) is 17.7 Å². The molecule has 3 heterocycles. The second-order valence-corrected chi connectivity index (χ2v) is 7.75. The predicted octanol–water partition coefficient (Wildman–Crippen LogP) is 4.91. The van der Waals surface area contributed by atoms with Crippen molar-refractivity contribution >= 4 is 0 Å². The van der Waals surface area contributed by atoms with Crippen molar-refractivity contribution in [3.8, 4) is 34.5 Å². The Balaban J connectivity index is 1.88. The quantitative estimate of drug-likeness (QED) is 0.518. The molecule has 4 rings (SSSR count). The zero-order valence-corrected chi connectivity index (χ0v) is 17.9. The molecule has 0 bridgehead atoms. The van der Waals surface area contributed by atoms with E-state index in [2.05, 4.69) is 9.72 Å². The number of nitrogens with zero attached hydrogens (tertiary/aromatic N) is 4. The largest absolute Gasteiger partial charge is 0.573 e. The average molecular weight is 460 g/mol. The van der Waals surface area contributed by atoms with Crippen molar-refractivity contribution in [2.45, 2.75) is 39.3 Å². The lowest BCUT2D eigenvalue weighted by Gasteiger charge is -2.15. The SMILES string of the molecule is Cc1cc(-c2nc(-c3ccc(OC(F)(F)F)c(C#N)c3)n3c2CCOC(CF)C3)cc(C)n1. The molecule has 0 saturated carbocycles. The fourth-order valence-corrected chi connectivity index (χ4v) is 4.00. The Hall–Kier alpha value is -3.45. The third-order valence-corrected chi connectivity index (χ3v) is 5.26. The van der Waals surface area contributed by atoms with Crippen molar-refractivity contribution in [2.24, 2.45) is 0 Å². The molecule has 1 aliphatic heterocycles. The van der Waals surface area contributed by atoms with Gasteiger partial charge in [-0.25, -0.2) is 9.37 Å². The predicted molar refractivity (Wildman–Crippen MR) is 111 cm³/mol. The fraction of sp³-hybridized carbons (Fsp3) is 0.348. The zero-order valence-electron chi connectivity index (χ0n) is 17.9. The first-order valence-corrected chi connectivity index (χ1v) is 10.2. The van der Waals surface area contributed by atoms with Gasteiger partial charge < -0.3 is 14.0 Å². The normalized spacial score (nSPS) is 16.1. The topological polar surface area (TPSA) is 73.0 Å². The van der Waals surface area contributed by atoms with Gasteiger partial charge in [0.1, 0.15) is 30.4 Å². The minimum absolute atomic E-state index is 0.180. The Labute approximate surface area is 187 Å². The standard InChI is InChI=1S/C23H20F4N4O2/c1-13-7-16(8-14(2)29-13)21-19-5-6-32-18(10-24)12-31(19)22(30-21)15-3-4-20(17(9-15)11-28)33-23(25,26)27/h3-4,7-9,18H,5-6,10,12H2,1-2H3. The molecule has 0 radical (unpaired) electrons. The van der Waals surface area contributed by atoms with E-state index < -0.39 is 24.9 Å². The van der Waals surface area contributed by atoms with Gasteiger partial charge in [0.15, 0.2) is 0 Å². The maximum absolute atomic E-state index is 13.5. The summed E-state index contributed by atoms with van der Waals surface area (Å²) in [5.41, 5.74) is 4.05. The number of imidazole rings is 1. The summed E-state index contributed by atoms with van der Waals surface area (Å²) in [5.74, 6) is -0.187. The lowest BCUT2D eigenvalue weighted by atomic mass is 10.1. The van der Waals surface area contributed by atoms with Gasteiger partial charge >= 0.3 is 6.36 Å². The van der Waals surface area contributed by atoms with Gasteiger partial charge in [0.05, 0.1) is 24.4 Å². The minimum atomic E-state index is -4.92. The molecular formula is C23H20F4N4O2. The molecule has 1 atom stereocenters. The van der Waals surface area contributed by atoms with Crippen LogP contribution < -0.4 is 4.74 Å². The molecule has 0 N–H and O–H groups in total. The third kappa shape index (κ3) is 4.83. The van der Waals surface area contributed by atoms with Crippen LogP contribution in [0, 0.1) is 25.2 Å². The second kappa shape index (κ2) is 8.83. The summed E-state index contributed by atoms with van der Waals surface area (Å²) in [6.45, 7) is 3.53. The van der Waals surface area contributed by atoms with E-state index in [0.717, 1.165) is 28.7 Å². The molecular weight excluding hydrogens is 440 g/mol. The number of pyridine rings is 1. The maximum atomic E-state index is 13.5. The van der Waals surface area contributed by atoms with Crippen molar-refractivity contribution in [1.29, 1.82) is 5.26 Å². The van der Waals surface area contributed by atoms with Crippen LogP contribution in [0.25, 0.3) is 22.6 Å². The van der Waals surface area contributed by atoms with E-state index in [-0.39, 0.29) is 12.1 Å². The van der Waals surface area contributed by atoms with Crippen LogP contribution in [0.15, 0.2) is 30.3 Å². The Morgan fingerprint density at radius 1 is 1.15 bits per heavy atom. The minimum Gasteiger partial charge on any atom is -0.404 e. The summed E-state index contributed by atoms with van der Waals surface area (Å²) in [6, 6.07) is 9.30. The van der Waals surface area contributed by atoms with E-state index in [4.69, 9.17) is 9.72 Å². The van der Waals surface area contributed by atoms with E-state index in [1.807, 2.05) is 30.5 Å². The van der Waals surface area contributed by atoms with Gasteiger partial charge in [0.25, 0.3) is 0 Å². The number of hydrogen-bond donors (Lipinski definition) is 0. The maximum Gasteiger partial charge on any atom is 0.573 e. The van der Waals surface area contributed by atoms with Crippen LogP contribution in [0.3, 0.4) is 0 Å². The van der Waals surface area contributed by atoms with E-state index in [1.54, 1.807) is 6.07 Å². The molecule has 6 nitrogen and oxygen atoms in total. The highest BCUT2D eigenvalue weighted by atomic mass is 19.4. The number of aryl methyl sites for hydroxylation is 2. The number of ether oxygens (including phenoxy) is 2. The van der Waals surface area contributed by atoms with Crippen LogP contribution >= 0.6 is 0 Å². The van der Waals surface area contributed by atoms with Crippen molar-refractivity contribution in [1.82, 2.24) is 14.5 Å². The van der Waals surface area contributed by atoms with Gasteiger partial charge in [-0.2, -0.15) is 5.26 Å². The van der Waals surface area contributed by atoms with Crippen molar-refractivity contribution in [2.75, 3.05) is 13.3 Å². The smallest absolute Gasteiger partial charge is 0.404 e. The first-order valence-electron chi connectivity index (χ1n) is 10.2. The summed E-state index contributed by atoms with van der Waals surface area (Å²) in [6.07, 6.45) is -5.14. The van der Waals surface area contributed by atoms with Crippen molar-refractivity contribution in [3.05, 3.63) is 53.0 Å².